The predicted molar refractivity (Wildman–Crippen MR) is 52.9 cm³/mol. The molecule has 73 valence electrons. The summed E-state index contributed by atoms with van der Waals surface area (Å²) in [4.78, 5) is 2.20. The zero-order valence-electron chi connectivity index (χ0n) is 9.17. The van der Waals surface area contributed by atoms with E-state index in [1.54, 1.807) is 0 Å². The molecule has 0 aromatic heterocycles. The largest absolute Gasteiger partial charge is 0.662 e. The number of nitrogens with zero attached hydrogens (tertiary/aromatic N) is 2. The van der Waals surface area contributed by atoms with Gasteiger partial charge in [0.2, 0.25) is 0 Å². The van der Waals surface area contributed by atoms with Gasteiger partial charge < -0.3 is 17.6 Å². The van der Waals surface area contributed by atoms with E-state index in [1.165, 1.54) is 12.8 Å². The summed E-state index contributed by atoms with van der Waals surface area (Å²) in [5, 5.41) is 4.25. The zero-order valence-corrected chi connectivity index (χ0v) is 12.0. The van der Waals surface area contributed by atoms with Crippen molar-refractivity contribution < 1.29 is 32.7 Å². The normalized spacial score (nSPS) is 11.8. The Morgan fingerprint density at radius 1 is 1.33 bits per heavy atom. The predicted octanol–water partition coefficient (Wildman–Crippen LogP) is 2.17. The summed E-state index contributed by atoms with van der Waals surface area (Å²) >= 11 is 0. The third kappa shape index (κ3) is 11.0. The molecule has 1 atom stereocenters. The minimum absolute atomic E-state index is 0. The first-order valence-corrected chi connectivity index (χ1v) is 3.94. The van der Waals surface area contributed by atoms with Gasteiger partial charge in [-0.2, -0.15) is 7.05 Å². The molecule has 0 rings (SSSR count). The van der Waals surface area contributed by atoms with Gasteiger partial charge in [0.15, 0.2) is 0 Å². The van der Waals surface area contributed by atoms with E-state index in [4.69, 9.17) is 0 Å². The third-order valence-electron chi connectivity index (χ3n) is 1.75. The van der Waals surface area contributed by atoms with Crippen molar-refractivity contribution in [3.05, 3.63) is 12.7 Å². The van der Waals surface area contributed by atoms with Crippen molar-refractivity contribution in [3.63, 3.8) is 0 Å². The van der Waals surface area contributed by atoms with Crippen LogP contribution in [0, 0.1) is 7.43 Å². The van der Waals surface area contributed by atoms with Crippen molar-refractivity contribution in [3.8, 4) is 0 Å². The molecule has 0 aliphatic carbocycles. The van der Waals surface area contributed by atoms with Crippen molar-refractivity contribution in [1.82, 2.24) is 4.90 Å². The van der Waals surface area contributed by atoms with Gasteiger partial charge in [-0.15, -0.1) is 6.04 Å². The van der Waals surface area contributed by atoms with Crippen LogP contribution in [0.25, 0.3) is 5.32 Å². The Balaban J connectivity index is -0.000000405. The van der Waals surface area contributed by atoms with Crippen LogP contribution in [-0.2, 0) is 32.7 Å². The third-order valence-corrected chi connectivity index (χ3v) is 1.75. The molecule has 0 heterocycles. The Labute approximate surface area is 103 Å². The summed E-state index contributed by atoms with van der Waals surface area (Å²) in [6.45, 7) is 3.34. The van der Waals surface area contributed by atoms with E-state index in [9.17, 15) is 0 Å². The maximum atomic E-state index is 4.25. The van der Waals surface area contributed by atoms with E-state index < -0.39 is 0 Å². The molecule has 1 unspecified atom stereocenters. The summed E-state index contributed by atoms with van der Waals surface area (Å²) < 4.78 is 0. The molecule has 0 aliphatic heterocycles. The van der Waals surface area contributed by atoms with Gasteiger partial charge in [-0.1, -0.05) is 19.8 Å². The monoisotopic (exact) mass is 247 g/mol. The molecule has 0 spiro atoms. The van der Waals surface area contributed by atoms with Crippen LogP contribution in [0.2, 0.25) is 0 Å². The van der Waals surface area contributed by atoms with Gasteiger partial charge in [-0.05, 0) is 20.6 Å². The molecule has 1 radical (unpaired) electrons. The second kappa shape index (κ2) is 12.0. The fraction of sp³-hybridized carbons (Fsp3) is 0.889. The first kappa shape index (κ1) is 18.7. The number of hydrogen-bond acceptors (Lipinski definition) is 1. The molecule has 0 aliphatic rings. The minimum atomic E-state index is 0. The van der Waals surface area contributed by atoms with Gasteiger partial charge in [0.25, 0.3) is 0 Å². The van der Waals surface area contributed by atoms with E-state index >= 15 is 0 Å². The first-order valence-electron chi connectivity index (χ1n) is 3.94. The maximum absolute atomic E-state index is 4.25. The Morgan fingerprint density at radius 3 is 2.08 bits per heavy atom. The van der Waals surface area contributed by atoms with Crippen LogP contribution in [0.1, 0.15) is 19.8 Å². The van der Waals surface area contributed by atoms with Gasteiger partial charge in [-0.25, -0.2) is 0 Å². The van der Waals surface area contributed by atoms with Crippen LogP contribution in [-0.4, -0.2) is 38.6 Å². The van der Waals surface area contributed by atoms with Crippen LogP contribution in [0.3, 0.4) is 0 Å². The summed E-state index contributed by atoms with van der Waals surface area (Å²) in [5.41, 5.74) is 0. The van der Waals surface area contributed by atoms with Gasteiger partial charge >= 0.3 is 0 Å². The van der Waals surface area contributed by atoms with E-state index in [0.29, 0.717) is 6.04 Å². The number of hydrogen-bond donors (Lipinski definition) is 0. The fourth-order valence-electron chi connectivity index (χ4n) is 0.923. The Bertz CT molecular complexity index is 72.9. The maximum Gasteiger partial charge on any atom is 0 e. The molecule has 12 heavy (non-hydrogen) atoms. The van der Waals surface area contributed by atoms with Gasteiger partial charge in [0.05, 0.1) is 0 Å². The quantitative estimate of drug-likeness (QED) is 0.680. The molecule has 0 saturated heterocycles. The molecule has 0 aromatic carbocycles. The van der Waals surface area contributed by atoms with E-state index in [0.717, 1.165) is 6.54 Å². The van der Waals surface area contributed by atoms with Crippen molar-refractivity contribution in [1.29, 1.82) is 0 Å². The molecule has 3 heteroatoms. The molecule has 0 aromatic rings. The Kier molecular flexibility index (Phi) is 18.8. The topological polar surface area (TPSA) is 17.3 Å². The van der Waals surface area contributed by atoms with Crippen LogP contribution < -0.4 is 0 Å². The molecular weight excluding hydrogens is 225 g/mol. The van der Waals surface area contributed by atoms with Crippen LogP contribution in [0.4, 0.5) is 0 Å². The second-order valence-electron chi connectivity index (χ2n) is 2.91. The molecule has 0 amide bonds. The molecule has 0 N–H and O–H groups in total. The van der Waals surface area contributed by atoms with Crippen LogP contribution in [0.15, 0.2) is 0 Å². The average molecular weight is 247 g/mol. The van der Waals surface area contributed by atoms with Crippen LogP contribution >= 0.6 is 0 Å². The summed E-state index contributed by atoms with van der Waals surface area (Å²) in [6, 6.07) is 0.572. The Morgan fingerprint density at radius 2 is 1.83 bits per heavy atom. The van der Waals surface area contributed by atoms with Gasteiger partial charge in [-0.3, -0.25) is 0 Å². The first-order chi connectivity index (χ1) is 4.70. The smallest absolute Gasteiger partial charge is 0 e. The standard InChI is InChI=1S/C8H19N2.CH3.Y/c1-5-8(9-2)6-7-10(3)4;;/h8H,5-7H2,1-4H3;1H3;/q2*-1;. The molecule has 2 nitrogen and oxygen atoms in total. The summed E-state index contributed by atoms with van der Waals surface area (Å²) in [7, 11) is 6.11. The van der Waals surface area contributed by atoms with Crippen molar-refractivity contribution in [2.75, 3.05) is 27.7 Å². The molecular formula is C9H22N2Y-2. The fourth-order valence-corrected chi connectivity index (χ4v) is 0.923. The van der Waals surface area contributed by atoms with Crippen LogP contribution in [0.5, 0.6) is 0 Å². The molecule has 0 saturated carbocycles. The summed E-state index contributed by atoms with van der Waals surface area (Å²) in [5.74, 6) is 0. The van der Waals surface area contributed by atoms with Gasteiger partial charge in [0, 0.05) is 32.7 Å². The van der Waals surface area contributed by atoms with Crippen molar-refractivity contribution in [2.45, 2.75) is 25.8 Å². The van der Waals surface area contributed by atoms with E-state index in [2.05, 4.69) is 31.2 Å². The minimum Gasteiger partial charge on any atom is -0.662 e. The zero-order chi connectivity index (χ0) is 7.98. The van der Waals surface area contributed by atoms with E-state index in [-0.39, 0.29) is 40.1 Å². The number of rotatable bonds is 5. The van der Waals surface area contributed by atoms with Crippen molar-refractivity contribution in [2.24, 2.45) is 0 Å². The van der Waals surface area contributed by atoms with Crippen molar-refractivity contribution >= 4 is 0 Å². The van der Waals surface area contributed by atoms with Gasteiger partial charge in [0.1, 0.15) is 0 Å². The summed E-state index contributed by atoms with van der Waals surface area (Å²) in [6.07, 6.45) is 2.37. The van der Waals surface area contributed by atoms with E-state index in [1.807, 2.05) is 7.05 Å². The Hall–Kier alpha value is 1.02. The SMILES string of the molecule is CCC(CCN(C)C)[N-]C.[CH3-].[Y]. The molecule has 0 fully saturated rings. The molecule has 0 bridgehead atoms. The second-order valence-corrected chi connectivity index (χ2v) is 2.91. The average Bonchev–Trinajstić information content (AvgIpc) is 1.90.